The number of aromatic amines is 2. The fraction of sp³-hybridized carbons (Fsp3) is 0.105. The highest BCUT2D eigenvalue weighted by atomic mass is 35.5. The Morgan fingerprint density at radius 2 is 2.00 bits per heavy atom. The summed E-state index contributed by atoms with van der Waals surface area (Å²) in [6.45, 7) is -0.0692. The smallest absolute Gasteiger partial charge is 0.272 e. The minimum atomic E-state index is -0.378. The highest BCUT2D eigenvalue weighted by Crippen LogP contribution is 2.29. The lowest BCUT2D eigenvalue weighted by Gasteiger charge is -2.09. The minimum Gasteiger partial charge on any atom is -0.375 e. The number of halogens is 1. The zero-order valence-corrected chi connectivity index (χ0v) is 16.4. The number of ether oxygens (including phenoxy) is 1. The van der Waals surface area contributed by atoms with Gasteiger partial charge in [-0.15, -0.1) is 5.10 Å². The second kappa shape index (κ2) is 8.31. The van der Waals surface area contributed by atoms with Gasteiger partial charge in [-0.25, -0.2) is 5.10 Å². The van der Waals surface area contributed by atoms with Gasteiger partial charge in [0.1, 0.15) is 12.3 Å². The summed E-state index contributed by atoms with van der Waals surface area (Å²) in [7, 11) is 1.44. The fourth-order valence-corrected chi connectivity index (χ4v) is 3.16. The number of aromatic nitrogens is 5. The fourth-order valence-electron chi connectivity index (χ4n) is 2.98. The molecule has 0 spiro atoms. The van der Waals surface area contributed by atoms with Crippen molar-refractivity contribution in [1.82, 2.24) is 25.6 Å². The van der Waals surface area contributed by atoms with Gasteiger partial charge >= 0.3 is 0 Å². The van der Waals surface area contributed by atoms with E-state index in [2.05, 4.69) is 36.2 Å². The van der Waals surface area contributed by atoms with Crippen LogP contribution in [0.4, 0.5) is 11.4 Å². The highest BCUT2D eigenvalue weighted by molar-refractivity contribution is 6.31. The summed E-state index contributed by atoms with van der Waals surface area (Å²) in [4.78, 5) is 27.8. The molecule has 11 heteroatoms. The molecule has 2 aromatic carbocycles. The normalized spacial score (nSPS) is 10.9. The van der Waals surface area contributed by atoms with E-state index in [4.69, 9.17) is 16.3 Å². The van der Waals surface area contributed by atoms with Gasteiger partial charge in [0, 0.05) is 23.1 Å². The highest BCUT2D eigenvalue weighted by Gasteiger charge is 2.16. The standard InChI is InChI=1S/C19H16ClN7O3/c1-30-9-16(28)21-14-4-2-3-10-7-15(22-17(10)14)19(29)23-13-6-5-11(20)8-12(13)18-24-26-27-25-18/h2-8,22H,9H2,1H3,(H,21,28)(H,23,29)(H,24,25,26,27). The van der Waals surface area contributed by atoms with Crippen LogP contribution in [0.5, 0.6) is 0 Å². The van der Waals surface area contributed by atoms with Crippen molar-refractivity contribution in [3.63, 3.8) is 0 Å². The molecule has 0 fully saturated rings. The molecule has 2 heterocycles. The molecule has 0 bridgehead atoms. The lowest BCUT2D eigenvalue weighted by atomic mass is 10.1. The van der Waals surface area contributed by atoms with Crippen LogP contribution in [0.15, 0.2) is 42.5 Å². The summed E-state index contributed by atoms with van der Waals surface area (Å²) in [5.41, 5.74) is 2.52. The predicted molar refractivity (Wildman–Crippen MR) is 111 cm³/mol. The number of amides is 2. The van der Waals surface area contributed by atoms with E-state index >= 15 is 0 Å². The first-order valence-electron chi connectivity index (χ1n) is 8.80. The first-order valence-corrected chi connectivity index (χ1v) is 9.18. The average Bonchev–Trinajstić information content (AvgIpc) is 3.40. The second-order valence-corrected chi connectivity index (χ2v) is 6.76. The Balaban J connectivity index is 1.63. The minimum absolute atomic E-state index is 0.0692. The van der Waals surface area contributed by atoms with Crippen LogP contribution < -0.4 is 10.6 Å². The Morgan fingerprint density at radius 1 is 1.13 bits per heavy atom. The molecule has 0 unspecified atom stereocenters. The SMILES string of the molecule is COCC(=O)Nc1cccc2cc(C(=O)Nc3ccc(Cl)cc3-c3nnn[nH]3)[nH]c12. The van der Waals surface area contributed by atoms with Crippen molar-refractivity contribution >= 4 is 45.7 Å². The Morgan fingerprint density at radius 3 is 2.77 bits per heavy atom. The third-order valence-electron chi connectivity index (χ3n) is 4.28. The molecule has 0 atom stereocenters. The number of carbonyl (C=O) groups is 2. The van der Waals surface area contributed by atoms with E-state index in [1.165, 1.54) is 7.11 Å². The molecule has 10 nitrogen and oxygen atoms in total. The number of methoxy groups -OCH3 is 1. The summed E-state index contributed by atoms with van der Waals surface area (Å²) in [6.07, 6.45) is 0. The number of H-pyrrole nitrogens is 2. The third-order valence-corrected chi connectivity index (χ3v) is 4.52. The van der Waals surface area contributed by atoms with E-state index in [1.54, 1.807) is 36.4 Å². The van der Waals surface area contributed by atoms with E-state index in [-0.39, 0.29) is 18.4 Å². The van der Waals surface area contributed by atoms with Crippen LogP contribution in [-0.2, 0) is 9.53 Å². The average molecular weight is 426 g/mol. The molecule has 0 radical (unpaired) electrons. The number of nitrogens with zero attached hydrogens (tertiary/aromatic N) is 3. The number of para-hydroxylation sites is 1. The van der Waals surface area contributed by atoms with Crippen LogP contribution in [0.2, 0.25) is 5.02 Å². The Labute approximate surface area is 175 Å². The molecule has 0 aliphatic heterocycles. The summed E-state index contributed by atoms with van der Waals surface area (Å²) in [5.74, 6) is -0.305. The van der Waals surface area contributed by atoms with Gasteiger partial charge in [-0.05, 0) is 40.8 Å². The lowest BCUT2D eigenvalue weighted by Crippen LogP contribution is -2.17. The summed E-state index contributed by atoms with van der Waals surface area (Å²) in [6, 6.07) is 12.0. The largest absolute Gasteiger partial charge is 0.375 e. The number of anilines is 2. The monoisotopic (exact) mass is 425 g/mol. The van der Waals surface area contributed by atoms with Crippen LogP contribution in [0.3, 0.4) is 0 Å². The first-order chi connectivity index (χ1) is 14.5. The molecule has 2 amide bonds. The van der Waals surface area contributed by atoms with Gasteiger partial charge in [-0.3, -0.25) is 9.59 Å². The lowest BCUT2D eigenvalue weighted by molar-refractivity contribution is -0.119. The maximum atomic E-state index is 12.9. The second-order valence-electron chi connectivity index (χ2n) is 6.33. The number of benzene rings is 2. The summed E-state index contributed by atoms with van der Waals surface area (Å²) >= 11 is 6.08. The molecule has 0 aliphatic rings. The van der Waals surface area contributed by atoms with Crippen LogP contribution in [0.25, 0.3) is 22.3 Å². The van der Waals surface area contributed by atoms with Gasteiger partial charge in [-0.2, -0.15) is 0 Å². The van der Waals surface area contributed by atoms with E-state index in [1.807, 2.05) is 6.07 Å². The number of fused-ring (bicyclic) bond motifs is 1. The zero-order valence-electron chi connectivity index (χ0n) is 15.7. The molecule has 0 aliphatic carbocycles. The quantitative estimate of drug-likeness (QED) is 0.374. The van der Waals surface area contributed by atoms with Crippen LogP contribution in [0.1, 0.15) is 10.5 Å². The van der Waals surface area contributed by atoms with Crippen molar-refractivity contribution in [1.29, 1.82) is 0 Å². The van der Waals surface area contributed by atoms with Gasteiger partial charge in [0.05, 0.1) is 16.9 Å². The Kier molecular flexibility index (Phi) is 5.42. The Hall–Kier alpha value is -3.76. The number of nitrogens with one attached hydrogen (secondary N) is 4. The van der Waals surface area contributed by atoms with Crippen LogP contribution in [-0.4, -0.2) is 51.1 Å². The number of tetrazole rings is 1. The molecule has 4 rings (SSSR count). The topological polar surface area (TPSA) is 138 Å². The van der Waals surface area contributed by atoms with Crippen molar-refractivity contribution in [2.75, 3.05) is 24.4 Å². The first kappa shape index (κ1) is 19.6. The van der Waals surface area contributed by atoms with Crippen LogP contribution >= 0.6 is 11.6 Å². The number of hydrogen-bond donors (Lipinski definition) is 4. The van der Waals surface area contributed by atoms with Crippen LogP contribution in [0, 0.1) is 0 Å². The molecular formula is C19H16ClN7O3. The van der Waals surface area contributed by atoms with Crippen molar-refractivity contribution < 1.29 is 14.3 Å². The summed E-state index contributed by atoms with van der Waals surface area (Å²) in [5, 5.41) is 20.5. The van der Waals surface area contributed by atoms with Crippen molar-refractivity contribution in [2.24, 2.45) is 0 Å². The van der Waals surface area contributed by atoms with Gasteiger partial charge in [0.25, 0.3) is 5.91 Å². The number of carbonyl (C=O) groups excluding carboxylic acids is 2. The molecule has 30 heavy (non-hydrogen) atoms. The molecule has 4 aromatic rings. The molecule has 2 aromatic heterocycles. The maximum absolute atomic E-state index is 12.9. The van der Waals surface area contributed by atoms with E-state index in [0.717, 1.165) is 5.39 Å². The van der Waals surface area contributed by atoms with E-state index in [9.17, 15) is 9.59 Å². The molecule has 152 valence electrons. The van der Waals surface area contributed by atoms with Crippen molar-refractivity contribution in [2.45, 2.75) is 0 Å². The van der Waals surface area contributed by atoms with Crippen molar-refractivity contribution in [3.05, 3.63) is 53.2 Å². The molecule has 0 saturated carbocycles. The molecule has 4 N–H and O–H groups in total. The number of rotatable bonds is 6. The van der Waals surface area contributed by atoms with Crippen molar-refractivity contribution in [3.8, 4) is 11.4 Å². The van der Waals surface area contributed by atoms with E-state index in [0.29, 0.717) is 39.0 Å². The molecule has 0 saturated heterocycles. The maximum Gasteiger partial charge on any atom is 0.272 e. The zero-order chi connectivity index (χ0) is 21.1. The van der Waals surface area contributed by atoms with E-state index < -0.39 is 0 Å². The number of hydrogen-bond acceptors (Lipinski definition) is 6. The van der Waals surface area contributed by atoms with Gasteiger partial charge in [0.15, 0.2) is 5.82 Å². The van der Waals surface area contributed by atoms with Gasteiger partial charge in [-0.1, -0.05) is 23.7 Å². The Bertz CT molecular complexity index is 1220. The van der Waals surface area contributed by atoms with Gasteiger partial charge < -0.3 is 20.4 Å². The molecular weight excluding hydrogens is 410 g/mol. The summed E-state index contributed by atoms with van der Waals surface area (Å²) < 4.78 is 4.84. The third kappa shape index (κ3) is 4.00. The van der Waals surface area contributed by atoms with Gasteiger partial charge in [0.2, 0.25) is 5.91 Å². The predicted octanol–water partition coefficient (Wildman–Crippen LogP) is 2.84.